The van der Waals surface area contributed by atoms with Crippen LogP contribution in [-0.4, -0.2) is 71.3 Å². The molecule has 9 atom stereocenters. The van der Waals surface area contributed by atoms with Crippen molar-refractivity contribution in [2.45, 2.75) is 77.5 Å². The zero-order valence-corrected chi connectivity index (χ0v) is 39.6. The minimum atomic E-state index is -0.405. The predicted molar refractivity (Wildman–Crippen MR) is 267 cm³/mol. The molecular weight excluding hydrogens is 833 g/mol. The number of nitrogens with one attached hydrogen (secondary N) is 1. The van der Waals surface area contributed by atoms with Crippen LogP contribution in [-0.2, 0) is 0 Å². The normalized spacial score (nSPS) is 22.8. The highest BCUT2D eigenvalue weighted by Gasteiger charge is 2.45. The van der Waals surface area contributed by atoms with Crippen molar-refractivity contribution in [2.24, 2.45) is 29.6 Å². The summed E-state index contributed by atoms with van der Waals surface area (Å²) in [7, 11) is 3.43. The number of hydrogen-bond acceptors (Lipinski definition) is 10. The molecule has 10 heteroatoms. The summed E-state index contributed by atoms with van der Waals surface area (Å²) in [6.45, 7) is 11.2. The van der Waals surface area contributed by atoms with Crippen LogP contribution in [0.4, 0.5) is 0 Å². The van der Waals surface area contributed by atoms with Crippen LogP contribution in [0.1, 0.15) is 82.6 Å². The number of aromatic nitrogens is 4. The number of benzene rings is 4. The number of nitrogens with zero attached hydrogens (tertiary/aromatic N) is 5. The predicted octanol–water partition coefficient (Wildman–Crippen LogP) is 11.9. The van der Waals surface area contributed by atoms with E-state index in [1.54, 1.807) is 14.2 Å². The van der Waals surface area contributed by atoms with Crippen molar-refractivity contribution in [1.82, 2.24) is 30.2 Å². The van der Waals surface area contributed by atoms with Gasteiger partial charge in [0.1, 0.15) is 29.3 Å². The van der Waals surface area contributed by atoms with Gasteiger partial charge in [-0.1, -0.05) is 94.3 Å². The van der Waals surface area contributed by atoms with Crippen molar-refractivity contribution in [2.75, 3.05) is 40.4 Å². The highest BCUT2D eigenvalue weighted by atomic mass is 16.5. The fourth-order valence-electron chi connectivity index (χ4n) is 11.6. The Bertz CT molecular complexity index is 2790. The van der Waals surface area contributed by atoms with Gasteiger partial charge in [-0.15, -0.1) is 0 Å². The zero-order chi connectivity index (χ0) is 45.9. The van der Waals surface area contributed by atoms with Crippen LogP contribution in [0.3, 0.4) is 0 Å². The monoisotopic (exact) mass is 896 g/mol. The minimum absolute atomic E-state index is 0.0973. The first kappa shape index (κ1) is 44.7. The lowest BCUT2D eigenvalue weighted by Crippen LogP contribution is -2.56. The molecule has 10 nitrogen and oxygen atoms in total. The number of ether oxygens (including phenoxy) is 4. The summed E-state index contributed by atoms with van der Waals surface area (Å²) in [5.41, 5.74) is 6.41. The second kappa shape index (κ2) is 20.0. The molecule has 0 amide bonds. The average molecular weight is 897 g/mol. The van der Waals surface area contributed by atoms with Gasteiger partial charge >= 0.3 is 0 Å². The fraction of sp³-hybridized carbons (Fsp3) is 0.404. The Morgan fingerprint density at radius 3 is 1.94 bits per heavy atom. The summed E-state index contributed by atoms with van der Waals surface area (Å²) in [4.78, 5) is 23.2. The fourth-order valence-corrected chi connectivity index (χ4v) is 11.6. The van der Waals surface area contributed by atoms with Crippen molar-refractivity contribution in [3.05, 3.63) is 133 Å². The summed E-state index contributed by atoms with van der Waals surface area (Å²) < 4.78 is 27.1. The standard InChI is InChI=1S/C57H64N6O4/c1-6-37-34-58-26-22-41(37)30-36(3)53(45-23-27-59-49-20-18-43(64-4)32-47(45)49)66-56-52(39-14-10-8-11-15-39)57(62-55(61-56)40-16-12-9-13-17-40)67-54(51-31-42-25-29-63(51)35-38(42)7-2)46-24-28-60-50-21-19-44(65-5)33-48(46)50/h8-21,23-24,27-28,32-33,36-38,41-42,51,53-54,58H,6-7,22,25-26,29-31,34-35H2,1-5H3. The molecule has 4 aliphatic rings. The number of hydrogen-bond donors (Lipinski definition) is 1. The smallest absolute Gasteiger partial charge is 0.229 e. The lowest BCUT2D eigenvalue weighted by Gasteiger charge is -2.52. The maximum Gasteiger partial charge on any atom is 0.229 e. The first-order valence-corrected chi connectivity index (χ1v) is 24.6. The van der Waals surface area contributed by atoms with E-state index in [-0.39, 0.29) is 12.0 Å². The van der Waals surface area contributed by atoms with Gasteiger partial charge in [0.2, 0.25) is 11.8 Å². The third-order valence-electron chi connectivity index (χ3n) is 15.3. The van der Waals surface area contributed by atoms with Crippen molar-refractivity contribution in [3.63, 3.8) is 0 Å². The molecule has 2 bridgehead atoms. The van der Waals surface area contributed by atoms with Crippen LogP contribution in [0.15, 0.2) is 122 Å². The molecule has 4 saturated heterocycles. The van der Waals surface area contributed by atoms with Crippen LogP contribution < -0.4 is 24.3 Å². The summed E-state index contributed by atoms with van der Waals surface area (Å²) in [6, 6.07) is 37.2. The number of pyridine rings is 2. The van der Waals surface area contributed by atoms with Crippen LogP contribution in [0.25, 0.3) is 44.3 Å². The summed E-state index contributed by atoms with van der Waals surface area (Å²) in [5, 5.41) is 5.67. The topological polar surface area (TPSA) is 104 Å². The lowest BCUT2D eigenvalue weighted by atomic mass is 9.72. The van der Waals surface area contributed by atoms with E-state index in [4.69, 9.17) is 38.9 Å². The maximum absolute atomic E-state index is 7.76. The molecule has 11 rings (SSSR count). The molecule has 1 N–H and O–H groups in total. The molecule has 0 aliphatic carbocycles. The van der Waals surface area contributed by atoms with Gasteiger partial charge in [0.15, 0.2) is 5.82 Å². The molecular formula is C57H64N6O4. The van der Waals surface area contributed by atoms with Crippen molar-refractivity contribution in [3.8, 4) is 45.8 Å². The van der Waals surface area contributed by atoms with Crippen LogP contribution in [0.5, 0.6) is 23.3 Å². The minimum Gasteiger partial charge on any atom is -0.497 e. The highest BCUT2D eigenvalue weighted by molar-refractivity contribution is 5.85. The molecule has 3 aromatic heterocycles. The molecule has 9 unspecified atom stereocenters. The highest BCUT2D eigenvalue weighted by Crippen LogP contribution is 2.48. The first-order chi connectivity index (χ1) is 32.9. The zero-order valence-electron chi connectivity index (χ0n) is 39.6. The third kappa shape index (κ3) is 9.18. The Labute approximate surface area is 395 Å². The summed E-state index contributed by atoms with van der Waals surface area (Å²) >= 11 is 0. The van der Waals surface area contributed by atoms with E-state index in [2.05, 4.69) is 91.7 Å². The van der Waals surface area contributed by atoms with Gasteiger partial charge in [-0.05, 0) is 129 Å². The van der Waals surface area contributed by atoms with E-state index in [0.29, 0.717) is 41.3 Å². The molecule has 4 aliphatic heterocycles. The Morgan fingerprint density at radius 1 is 0.687 bits per heavy atom. The maximum atomic E-state index is 7.76. The van der Waals surface area contributed by atoms with E-state index in [1.165, 1.54) is 12.8 Å². The molecule has 4 fully saturated rings. The number of rotatable bonds is 16. The van der Waals surface area contributed by atoms with Gasteiger partial charge in [-0.3, -0.25) is 14.9 Å². The molecule has 7 aromatic rings. The number of piperidine rings is 4. The first-order valence-electron chi connectivity index (χ1n) is 24.6. The van der Waals surface area contributed by atoms with E-state index in [9.17, 15) is 0 Å². The van der Waals surface area contributed by atoms with E-state index < -0.39 is 12.2 Å². The molecule has 346 valence electrons. The molecule has 4 aromatic carbocycles. The second-order valence-electron chi connectivity index (χ2n) is 19.1. The second-order valence-corrected chi connectivity index (χ2v) is 19.1. The quantitative estimate of drug-likeness (QED) is 0.101. The van der Waals surface area contributed by atoms with Crippen molar-refractivity contribution < 1.29 is 18.9 Å². The molecule has 0 spiro atoms. The summed E-state index contributed by atoms with van der Waals surface area (Å²) in [5.74, 6) is 5.59. The Kier molecular flexibility index (Phi) is 13.4. The Balaban J connectivity index is 1.18. The largest absolute Gasteiger partial charge is 0.497 e. The van der Waals surface area contributed by atoms with E-state index >= 15 is 0 Å². The van der Waals surface area contributed by atoms with Gasteiger partial charge in [0.25, 0.3) is 0 Å². The molecule has 0 saturated carbocycles. The third-order valence-corrected chi connectivity index (χ3v) is 15.3. The van der Waals surface area contributed by atoms with E-state index in [1.807, 2.05) is 60.9 Å². The summed E-state index contributed by atoms with van der Waals surface area (Å²) in [6.07, 6.45) is 9.70. The Morgan fingerprint density at radius 2 is 1.31 bits per heavy atom. The number of fused-ring (bicyclic) bond motifs is 5. The number of methoxy groups -OCH3 is 2. The average Bonchev–Trinajstić information content (AvgIpc) is 3.39. The molecule has 0 radical (unpaired) electrons. The lowest BCUT2D eigenvalue weighted by molar-refractivity contribution is -0.0492. The van der Waals surface area contributed by atoms with Crippen LogP contribution >= 0.6 is 0 Å². The Hall–Kier alpha value is -6.10. The van der Waals surface area contributed by atoms with Crippen LogP contribution in [0.2, 0.25) is 0 Å². The molecule has 7 heterocycles. The van der Waals surface area contributed by atoms with Crippen molar-refractivity contribution in [1.29, 1.82) is 0 Å². The van der Waals surface area contributed by atoms with Gasteiger partial charge in [-0.25, -0.2) is 0 Å². The van der Waals surface area contributed by atoms with Crippen LogP contribution in [0, 0.1) is 29.6 Å². The SMILES string of the molecule is CCC1CNCCC1CC(C)C(Oc1nc(-c2ccccc2)nc(OC(c2ccnc3ccc(OC)cc23)C2CC3CCN2CC3CC)c1-c1ccccc1)c1ccnc2ccc(OC)cc12. The van der Waals surface area contributed by atoms with Gasteiger partial charge in [-0.2, -0.15) is 9.97 Å². The van der Waals surface area contributed by atoms with Gasteiger partial charge < -0.3 is 24.3 Å². The molecule has 67 heavy (non-hydrogen) atoms. The van der Waals surface area contributed by atoms with Gasteiger partial charge in [0.05, 0.1) is 31.3 Å². The van der Waals surface area contributed by atoms with E-state index in [0.717, 1.165) is 113 Å². The van der Waals surface area contributed by atoms with Gasteiger partial charge in [0, 0.05) is 46.4 Å². The van der Waals surface area contributed by atoms with Crippen molar-refractivity contribution >= 4 is 21.8 Å².